The topological polar surface area (TPSA) is 574 Å². The Morgan fingerprint density at radius 3 is 1.61 bits per heavy atom. The fraction of sp³-hybridized carbons (Fsp3) is 0.525. The summed E-state index contributed by atoms with van der Waals surface area (Å²) in [4.78, 5) is 227. The zero-order chi connectivity index (χ0) is 74.2. The summed E-state index contributed by atoms with van der Waals surface area (Å²) in [6.45, 7) is 1.18. The number of hydrogen-bond donors (Lipinski definition) is 19. The highest BCUT2D eigenvalue weighted by Crippen LogP contribution is 2.28. The Labute approximate surface area is 600 Å². The van der Waals surface area contributed by atoms with Gasteiger partial charge in [-0.2, -0.15) is 0 Å². The summed E-state index contributed by atoms with van der Waals surface area (Å²) in [6, 6.07) is -11.7. The van der Waals surface area contributed by atoms with Crippen LogP contribution < -0.4 is 75.3 Å². The first-order valence-corrected chi connectivity index (χ1v) is 38.7. The molecule has 4 heterocycles. The number of hydrogen-bond acceptors (Lipinski definition) is 26. The normalized spacial score (nSPS) is 27.3. The minimum Gasteiger partial charge on any atom is -0.508 e. The minimum absolute atomic E-state index is 0.00937. The molecule has 4 bridgehead atoms. The number of carboxylic acids is 2. The smallest absolute Gasteiger partial charge is 0.326 e. The number of aliphatic carboxylic acids is 2. The fourth-order valence-electron chi connectivity index (χ4n) is 10.0. The van der Waals surface area contributed by atoms with Gasteiger partial charge in [-0.1, -0.05) is 89.0 Å². The van der Waals surface area contributed by atoms with Crippen LogP contribution in [0.25, 0.3) is 0 Å². The number of carbonyl (C=O) groups is 16. The Morgan fingerprint density at radius 2 is 1.06 bits per heavy atom. The summed E-state index contributed by atoms with van der Waals surface area (Å²) in [6.07, 6.45) is -4.71. The van der Waals surface area contributed by atoms with Crippen LogP contribution in [0.2, 0.25) is 0 Å². The maximum Gasteiger partial charge on any atom is 0.326 e. The number of rotatable bonds is 13. The largest absolute Gasteiger partial charge is 0.508 e. The van der Waals surface area contributed by atoms with Gasteiger partial charge in [-0.3, -0.25) is 71.9 Å². The van der Waals surface area contributed by atoms with Crippen molar-refractivity contribution in [3.8, 4) is 11.5 Å². The van der Waals surface area contributed by atoms with E-state index in [1.165, 1.54) is 55.5 Å². The van der Waals surface area contributed by atoms with E-state index in [0.717, 1.165) is 76.6 Å². The van der Waals surface area contributed by atoms with Crippen LogP contribution >= 0.6 is 64.8 Å². The molecular formula is C59H79N15O21S6. The summed E-state index contributed by atoms with van der Waals surface area (Å²) in [7, 11) is 4.74. The molecule has 0 saturated carbocycles. The Balaban J connectivity index is 1.56. The van der Waals surface area contributed by atoms with Crippen LogP contribution in [0, 0.1) is 0 Å². The number of amides is 14. The van der Waals surface area contributed by atoms with Crippen molar-refractivity contribution in [2.75, 3.05) is 47.6 Å². The number of primary amides is 1. The van der Waals surface area contributed by atoms with E-state index in [1.807, 2.05) is 0 Å². The standard InChI is InChI=1S/C59H79N15O21S6/c1-26-47(82)69-41-25-101-99-22-38-52(87)65-33(13-14-45(80)81)49(84)66-34(16-28-5-9-30(76)10-6-28)50(85)71-40(54(89)72-39(23-97-96-20-32(60)48(83)70-38)53(88)67-35(18-43(61)78)58(93)74-15-3-4-42(74)56(91)63-26)24-100-98-21-37(64-44(79)19-62-57(92)46(27(2)75)73-55(41)90)51(86)68-36(59(94)95)17-29-7-11-31(77)12-8-29/h5-12,26-27,32-42,46,75-77H,3-4,13-25,60H2,1-2H3,(H2,61,78)(H,62,92)(H,63,91)(H,64,79)(H,65,87)(H,66,84)(H,67,88)(H,68,86)(H,69,82)(H,70,83)(H,71,85)(H,72,89)(H,73,90)(H,80,81)(H,94,95)/t26-,27+,32-,33-,34-,35-,36-,37-,38-,39+,40+,41-,42-,46?/m0/s1. The second-order valence-electron chi connectivity index (χ2n) is 23.5. The number of aromatic hydroxyl groups is 2. The molecule has 4 fully saturated rings. The van der Waals surface area contributed by atoms with Gasteiger partial charge in [-0.25, -0.2) is 4.79 Å². The van der Waals surface area contributed by atoms with Crippen LogP contribution in [0.4, 0.5) is 0 Å². The van der Waals surface area contributed by atoms with E-state index in [-0.39, 0.29) is 48.6 Å². The van der Waals surface area contributed by atoms with Crippen molar-refractivity contribution in [1.82, 2.24) is 68.7 Å². The van der Waals surface area contributed by atoms with E-state index in [1.54, 1.807) is 0 Å². The average molecular weight is 1530 g/mol. The molecule has 14 amide bonds. The zero-order valence-corrected chi connectivity index (χ0v) is 59.0. The third-order valence-corrected chi connectivity index (χ3v) is 22.9. The summed E-state index contributed by atoms with van der Waals surface area (Å²) in [5.74, 6) is -21.7. The van der Waals surface area contributed by atoms with Crippen molar-refractivity contribution in [3.63, 3.8) is 0 Å². The lowest BCUT2D eigenvalue weighted by atomic mass is 10.0. The highest BCUT2D eigenvalue weighted by Gasteiger charge is 2.42. The van der Waals surface area contributed by atoms with Gasteiger partial charge in [0.2, 0.25) is 82.7 Å². The maximum atomic E-state index is 15.1. The minimum atomic E-state index is -1.93. The number of aliphatic hydroxyl groups excluding tert-OH is 1. The third kappa shape index (κ3) is 25.9. The quantitative estimate of drug-likeness (QED) is 0.0656. The molecule has 36 nitrogen and oxygen atoms in total. The van der Waals surface area contributed by atoms with Crippen molar-refractivity contribution in [2.45, 2.75) is 143 Å². The molecule has 4 saturated heterocycles. The highest BCUT2D eigenvalue weighted by atomic mass is 33.1. The van der Waals surface area contributed by atoms with E-state index in [2.05, 4.69) is 63.8 Å². The van der Waals surface area contributed by atoms with Gasteiger partial charge >= 0.3 is 11.9 Å². The van der Waals surface area contributed by atoms with Gasteiger partial charge in [0.25, 0.3) is 0 Å². The van der Waals surface area contributed by atoms with Gasteiger partial charge in [-0.05, 0) is 68.5 Å². The van der Waals surface area contributed by atoms with Gasteiger partial charge in [0.05, 0.1) is 25.1 Å². The third-order valence-electron chi connectivity index (χ3n) is 15.6. The Hall–Kier alpha value is -8.42. The Kier molecular flexibility index (Phi) is 32.1. The van der Waals surface area contributed by atoms with Crippen molar-refractivity contribution in [2.24, 2.45) is 11.5 Å². The van der Waals surface area contributed by atoms with E-state index >= 15 is 9.59 Å². The number of nitrogens with one attached hydrogen (secondary N) is 12. The molecular weight excluding hydrogens is 1450 g/mol. The van der Waals surface area contributed by atoms with Crippen LogP contribution in [-0.2, 0) is 89.6 Å². The number of aliphatic hydroxyl groups is 1. The first-order valence-electron chi connectivity index (χ1n) is 31.2. The number of nitrogens with zero attached hydrogens (tertiary/aromatic N) is 1. The van der Waals surface area contributed by atoms with Gasteiger partial charge < -0.3 is 106 Å². The molecule has 2 aromatic carbocycles. The lowest BCUT2D eigenvalue weighted by molar-refractivity contribution is -0.143. The van der Waals surface area contributed by atoms with E-state index in [0.29, 0.717) is 5.56 Å². The van der Waals surface area contributed by atoms with Crippen molar-refractivity contribution in [3.05, 3.63) is 59.7 Å². The van der Waals surface area contributed by atoms with Gasteiger partial charge in [0, 0.05) is 60.3 Å². The van der Waals surface area contributed by atoms with Gasteiger partial charge in [-0.15, -0.1) is 0 Å². The molecule has 101 heavy (non-hydrogen) atoms. The van der Waals surface area contributed by atoms with E-state index < -0.39 is 240 Å². The SMILES string of the molecule is C[C@@H]1NC(=O)[C@@H]2CCCN2C(=O)[C@H](CC(N)=O)NC(=O)[C@H]2CSSC[C@H](N)C(=O)N[C@H]3CSSC[C@H](NC1=O)C(=O)NC([C@@H](C)O)C(=O)NCC(=O)N[C@H](C(=O)N[C@@H](Cc1ccc(O)cc1)C(=O)O)CSSC[C@@H](NC(=O)[C@H](Cc1ccc(O)cc1)NC(=O)[C@H](CCC(=O)O)NC3=O)C(=O)N2. The van der Waals surface area contributed by atoms with Crippen molar-refractivity contribution in [1.29, 1.82) is 0 Å². The molecule has 21 N–H and O–H groups in total. The molecule has 4 aliphatic heterocycles. The van der Waals surface area contributed by atoms with Crippen LogP contribution in [0.3, 0.4) is 0 Å². The highest BCUT2D eigenvalue weighted by molar-refractivity contribution is 8.77. The average Bonchev–Trinajstić information content (AvgIpc) is 1.75. The Bertz CT molecular complexity index is 3400. The Morgan fingerprint density at radius 1 is 0.574 bits per heavy atom. The predicted molar refractivity (Wildman–Crippen MR) is 371 cm³/mol. The number of carbonyl (C=O) groups excluding carboxylic acids is 14. The molecule has 0 aromatic heterocycles. The van der Waals surface area contributed by atoms with Crippen molar-refractivity contribution >= 4 is 159 Å². The first-order chi connectivity index (χ1) is 47.9. The number of carboxylic acid groups (broad SMARTS) is 2. The number of benzene rings is 2. The lowest BCUT2D eigenvalue weighted by Gasteiger charge is -2.30. The predicted octanol–water partition coefficient (Wildman–Crippen LogP) is -5.94. The molecule has 4 aliphatic rings. The van der Waals surface area contributed by atoms with Crippen LogP contribution in [0.5, 0.6) is 11.5 Å². The summed E-state index contributed by atoms with van der Waals surface area (Å²) in [5.41, 5.74) is 12.6. The van der Waals surface area contributed by atoms with Crippen LogP contribution in [0.1, 0.15) is 57.1 Å². The number of fused-ring (bicyclic) bond motifs is 20. The maximum absolute atomic E-state index is 15.1. The monoisotopic (exact) mass is 1530 g/mol. The number of nitrogens with two attached hydrogens (primary N) is 2. The van der Waals surface area contributed by atoms with Crippen LogP contribution in [-0.4, -0.2) is 257 Å². The molecule has 2 aromatic rings. The van der Waals surface area contributed by atoms with Gasteiger partial charge in [0.1, 0.15) is 84.0 Å². The number of phenols is 2. The zero-order valence-electron chi connectivity index (χ0n) is 54.1. The summed E-state index contributed by atoms with van der Waals surface area (Å²) >= 11 is 0. The number of phenolic OH excluding ortho intramolecular Hbond substituents is 2. The lowest BCUT2D eigenvalue weighted by Crippen LogP contribution is -2.61. The summed E-state index contributed by atoms with van der Waals surface area (Å²) in [5, 5.41) is 80.4. The van der Waals surface area contributed by atoms with Crippen LogP contribution in [0.15, 0.2) is 48.5 Å². The fourth-order valence-corrected chi connectivity index (χ4v) is 17.0. The molecule has 552 valence electrons. The van der Waals surface area contributed by atoms with E-state index in [4.69, 9.17) is 11.5 Å². The molecule has 14 atom stereocenters. The first kappa shape index (κ1) is 81.5. The molecule has 0 spiro atoms. The molecule has 0 aliphatic carbocycles. The molecule has 6 rings (SSSR count). The molecule has 42 heteroatoms. The van der Waals surface area contributed by atoms with Gasteiger partial charge in [0.15, 0.2) is 0 Å². The molecule has 0 radical (unpaired) electrons. The molecule has 1 unspecified atom stereocenters. The second-order valence-corrected chi connectivity index (χ2v) is 31.1. The second kappa shape index (κ2) is 39.7. The van der Waals surface area contributed by atoms with E-state index in [9.17, 15) is 92.7 Å². The van der Waals surface area contributed by atoms with Crippen molar-refractivity contribution < 1.29 is 102 Å². The summed E-state index contributed by atoms with van der Waals surface area (Å²) < 4.78 is 0.